The molecule has 1 rings (SSSR count). The van der Waals surface area contributed by atoms with Crippen LogP contribution >= 0.6 is 0 Å². The van der Waals surface area contributed by atoms with Crippen molar-refractivity contribution in [1.29, 1.82) is 0 Å². The number of methoxy groups -OCH3 is 1. The van der Waals surface area contributed by atoms with Crippen LogP contribution < -0.4 is 5.32 Å². The molecule has 0 aromatic carbocycles. The fourth-order valence-electron chi connectivity index (χ4n) is 2.14. The van der Waals surface area contributed by atoms with E-state index in [2.05, 4.69) is 31.1 Å². The van der Waals surface area contributed by atoms with Crippen LogP contribution in [-0.2, 0) is 9.53 Å². The highest BCUT2D eigenvalue weighted by molar-refractivity contribution is 5.80. The highest BCUT2D eigenvalue weighted by Gasteiger charge is 2.39. The predicted octanol–water partition coefficient (Wildman–Crippen LogP) is 2.04. The lowest BCUT2D eigenvalue weighted by atomic mass is 9.97. The van der Waals surface area contributed by atoms with Gasteiger partial charge in [-0.15, -0.1) is 0 Å². The molecular formula is C15H30N2O2. The van der Waals surface area contributed by atoms with E-state index in [1.807, 2.05) is 6.92 Å². The molecule has 0 spiro atoms. The van der Waals surface area contributed by atoms with Gasteiger partial charge in [-0.3, -0.25) is 10.1 Å². The van der Waals surface area contributed by atoms with Crippen LogP contribution in [-0.4, -0.2) is 49.7 Å². The van der Waals surface area contributed by atoms with Crippen LogP contribution in [0.3, 0.4) is 0 Å². The molecule has 0 aromatic rings. The average molecular weight is 270 g/mol. The summed E-state index contributed by atoms with van der Waals surface area (Å²) in [6, 6.07) is 0.505. The average Bonchev–Trinajstić information content (AvgIpc) is 3.16. The third-order valence-corrected chi connectivity index (χ3v) is 3.82. The maximum Gasteiger partial charge on any atom is 0.325 e. The summed E-state index contributed by atoms with van der Waals surface area (Å²) in [6.07, 6.45) is 4.35. The number of nitrogens with one attached hydrogen (secondary N) is 1. The van der Waals surface area contributed by atoms with E-state index in [0.29, 0.717) is 6.04 Å². The monoisotopic (exact) mass is 270 g/mol. The third-order valence-electron chi connectivity index (χ3n) is 3.82. The van der Waals surface area contributed by atoms with Gasteiger partial charge in [-0.1, -0.05) is 13.8 Å². The Morgan fingerprint density at radius 1 is 1.42 bits per heavy atom. The van der Waals surface area contributed by atoms with E-state index in [9.17, 15) is 4.79 Å². The molecule has 1 atom stereocenters. The van der Waals surface area contributed by atoms with Crippen molar-refractivity contribution in [2.45, 2.75) is 58.0 Å². The molecule has 0 aromatic heterocycles. The van der Waals surface area contributed by atoms with Crippen molar-refractivity contribution >= 4 is 5.97 Å². The molecule has 1 saturated carbocycles. The highest BCUT2D eigenvalue weighted by Crippen LogP contribution is 2.25. The van der Waals surface area contributed by atoms with E-state index in [1.165, 1.54) is 26.4 Å². The Hall–Kier alpha value is -0.610. The number of carbonyl (C=O) groups is 1. The van der Waals surface area contributed by atoms with E-state index in [4.69, 9.17) is 4.74 Å². The maximum atomic E-state index is 12.0. The molecule has 1 fully saturated rings. The number of ether oxygens (including phenoxy) is 1. The molecule has 1 aliphatic rings. The van der Waals surface area contributed by atoms with Gasteiger partial charge in [-0.2, -0.15) is 0 Å². The van der Waals surface area contributed by atoms with Crippen molar-refractivity contribution in [3.63, 3.8) is 0 Å². The van der Waals surface area contributed by atoms with E-state index >= 15 is 0 Å². The summed E-state index contributed by atoms with van der Waals surface area (Å²) in [7, 11) is 3.59. The van der Waals surface area contributed by atoms with Crippen molar-refractivity contribution in [1.82, 2.24) is 10.2 Å². The van der Waals surface area contributed by atoms with Gasteiger partial charge in [0, 0.05) is 12.6 Å². The van der Waals surface area contributed by atoms with Crippen molar-refractivity contribution in [3.8, 4) is 0 Å². The summed E-state index contributed by atoms with van der Waals surface area (Å²) in [6.45, 7) is 8.44. The van der Waals surface area contributed by atoms with Gasteiger partial charge in [0.05, 0.1) is 7.11 Å². The van der Waals surface area contributed by atoms with E-state index in [-0.39, 0.29) is 5.97 Å². The quantitative estimate of drug-likeness (QED) is 0.651. The number of nitrogens with zero attached hydrogens (tertiary/aromatic N) is 1. The second kappa shape index (κ2) is 7.25. The normalized spacial score (nSPS) is 18.7. The Morgan fingerprint density at radius 2 is 2.05 bits per heavy atom. The van der Waals surface area contributed by atoms with Crippen LogP contribution in [0.2, 0.25) is 0 Å². The van der Waals surface area contributed by atoms with Crippen LogP contribution in [0.5, 0.6) is 0 Å². The first-order chi connectivity index (χ1) is 8.87. The summed E-state index contributed by atoms with van der Waals surface area (Å²) in [5, 5.41) is 3.44. The zero-order valence-electron chi connectivity index (χ0n) is 13.2. The molecule has 0 bridgehead atoms. The number of carbonyl (C=O) groups excluding carboxylic acids is 1. The summed E-state index contributed by atoms with van der Waals surface area (Å²) >= 11 is 0. The van der Waals surface area contributed by atoms with Crippen molar-refractivity contribution < 1.29 is 9.53 Å². The summed E-state index contributed by atoms with van der Waals surface area (Å²) in [5.41, 5.74) is -0.540. The van der Waals surface area contributed by atoms with Gasteiger partial charge in [-0.05, 0) is 52.1 Å². The lowest BCUT2D eigenvalue weighted by Gasteiger charge is -2.30. The van der Waals surface area contributed by atoms with Crippen molar-refractivity contribution in [2.75, 3.05) is 27.2 Å². The molecule has 112 valence electrons. The molecule has 0 amide bonds. The lowest BCUT2D eigenvalue weighted by Crippen LogP contribution is -2.52. The van der Waals surface area contributed by atoms with Gasteiger partial charge in [0.1, 0.15) is 5.54 Å². The van der Waals surface area contributed by atoms with E-state index < -0.39 is 5.54 Å². The topological polar surface area (TPSA) is 41.6 Å². The van der Waals surface area contributed by atoms with Gasteiger partial charge in [0.25, 0.3) is 0 Å². The van der Waals surface area contributed by atoms with Gasteiger partial charge in [0.2, 0.25) is 0 Å². The van der Waals surface area contributed by atoms with Gasteiger partial charge in [0.15, 0.2) is 0 Å². The lowest BCUT2D eigenvalue weighted by molar-refractivity contribution is -0.148. The first-order valence-corrected chi connectivity index (χ1v) is 7.42. The largest absolute Gasteiger partial charge is 0.468 e. The van der Waals surface area contributed by atoms with E-state index in [1.54, 1.807) is 0 Å². The molecular weight excluding hydrogens is 240 g/mol. The van der Waals surface area contributed by atoms with Crippen LogP contribution in [0.15, 0.2) is 0 Å². The van der Waals surface area contributed by atoms with Crippen molar-refractivity contribution in [2.24, 2.45) is 5.92 Å². The molecule has 0 radical (unpaired) electrons. The van der Waals surface area contributed by atoms with Crippen molar-refractivity contribution in [3.05, 3.63) is 0 Å². The molecule has 0 aliphatic heterocycles. The molecule has 4 nitrogen and oxygen atoms in total. The standard InChI is InChI=1S/C15H30N2O2/c1-12(2)8-10-17(4)11-9-15(3,14(18)19-5)16-13-6-7-13/h12-13,16H,6-11H2,1-5H3. The molecule has 0 saturated heterocycles. The maximum absolute atomic E-state index is 12.0. The fourth-order valence-corrected chi connectivity index (χ4v) is 2.14. The Balaban J connectivity index is 2.41. The summed E-state index contributed by atoms with van der Waals surface area (Å²) < 4.78 is 4.95. The number of hydrogen-bond acceptors (Lipinski definition) is 4. The van der Waals surface area contributed by atoms with E-state index in [0.717, 1.165) is 25.4 Å². The Kier molecular flexibility index (Phi) is 6.27. The molecule has 4 heteroatoms. The molecule has 1 N–H and O–H groups in total. The minimum atomic E-state index is -0.540. The van der Waals surface area contributed by atoms with Crippen LogP contribution in [0.1, 0.15) is 46.5 Å². The second-order valence-electron chi connectivity index (χ2n) is 6.48. The Morgan fingerprint density at radius 3 is 2.53 bits per heavy atom. The molecule has 1 aliphatic carbocycles. The first-order valence-electron chi connectivity index (χ1n) is 7.42. The number of rotatable bonds is 9. The van der Waals surface area contributed by atoms with Crippen LogP contribution in [0.25, 0.3) is 0 Å². The fraction of sp³-hybridized carbons (Fsp3) is 0.933. The minimum absolute atomic E-state index is 0.142. The van der Waals surface area contributed by atoms with Crippen LogP contribution in [0.4, 0.5) is 0 Å². The summed E-state index contributed by atoms with van der Waals surface area (Å²) in [5.74, 6) is 0.579. The Labute approximate surface area is 117 Å². The smallest absolute Gasteiger partial charge is 0.325 e. The second-order valence-corrected chi connectivity index (χ2v) is 6.48. The van der Waals surface area contributed by atoms with Crippen LogP contribution in [0, 0.1) is 5.92 Å². The number of esters is 1. The Bertz CT molecular complexity index is 290. The highest BCUT2D eigenvalue weighted by atomic mass is 16.5. The first kappa shape index (κ1) is 16.4. The van der Waals surface area contributed by atoms with Gasteiger partial charge < -0.3 is 9.64 Å². The minimum Gasteiger partial charge on any atom is -0.468 e. The zero-order chi connectivity index (χ0) is 14.5. The molecule has 19 heavy (non-hydrogen) atoms. The molecule has 1 unspecified atom stereocenters. The SMILES string of the molecule is COC(=O)C(C)(CCN(C)CCC(C)C)NC1CC1. The zero-order valence-corrected chi connectivity index (χ0v) is 13.2. The third kappa shape index (κ3) is 5.91. The number of hydrogen-bond donors (Lipinski definition) is 1. The molecule has 0 heterocycles. The summed E-state index contributed by atoms with van der Waals surface area (Å²) in [4.78, 5) is 14.3. The van der Waals surface area contributed by atoms with Gasteiger partial charge >= 0.3 is 5.97 Å². The van der Waals surface area contributed by atoms with Gasteiger partial charge in [-0.25, -0.2) is 0 Å². The predicted molar refractivity (Wildman–Crippen MR) is 78.1 cm³/mol.